The van der Waals surface area contributed by atoms with E-state index >= 15 is 0 Å². The summed E-state index contributed by atoms with van der Waals surface area (Å²) >= 11 is 0. The highest BCUT2D eigenvalue weighted by Gasteiger charge is 2.27. The molecule has 0 aromatic rings. The Morgan fingerprint density at radius 3 is 2.38 bits per heavy atom. The largest absolute Gasteiger partial charge is 0.463 e. The van der Waals surface area contributed by atoms with E-state index in [9.17, 15) is 4.79 Å². The molecule has 4 nitrogen and oxygen atoms in total. The highest BCUT2D eigenvalue weighted by molar-refractivity contribution is 6.65. The molecule has 0 spiro atoms. The quantitative estimate of drug-likeness (QED) is 0.271. The van der Waals surface area contributed by atoms with Gasteiger partial charge in [0.05, 0.1) is 6.61 Å². The predicted octanol–water partition coefficient (Wildman–Crippen LogP) is 2.25. The van der Waals surface area contributed by atoms with Crippen LogP contribution < -0.4 is 0 Å². The number of hydrogen-bond donors (Lipinski definition) is 0. The molecule has 0 radical (unpaired) electrons. The molecule has 0 unspecified atom stereocenters. The minimum atomic E-state index is -1.91. The minimum Gasteiger partial charge on any atom is -0.463 e. The van der Waals surface area contributed by atoms with Crippen molar-refractivity contribution in [3.63, 3.8) is 0 Å². The Morgan fingerprint density at radius 2 is 1.88 bits per heavy atom. The van der Waals surface area contributed by atoms with Crippen LogP contribution in [0.3, 0.4) is 0 Å². The molecule has 0 aliphatic carbocycles. The Labute approximate surface area is 98.8 Å². The zero-order chi connectivity index (χ0) is 12.4. The van der Waals surface area contributed by atoms with E-state index in [4.69, 9.17) is 13.6 Å². The van der Waals surface area contributed by atoms with Crippen LogP contribution in [0.15, 0.2) is 12.7 Å². The molecule has 0 fully saturated rings. The maximum Gasteiger partial charge on any atom is 0.334 e. The predicted molar refractivity (Wildman–Crippen MR) is 65.5 cm³/mol. The van der Waals surface area contributed by atoms with E-state index in [0.29, 0.717) is 6.61 Å². The lowest BCUT2D eigenvalue weighted by Gasteiger charge is -2.22. The van der Waals surface area contributed by atoms with Gasteiger partial charge in [0.1, 0.15) is 0 Å². The van der Waals surface area contributed by atoms with Crippen molar-refractivity contribution < 1.29 is 18.4 Å². The SMILES string of the molecule is C=CC(=O)OCCCCC[Si](C)(OC)OC. The molecule has 0 rings (SSSR count). The average molecular weight is 246 g/mol. The summed E-state index contributed by atoms with van der Waals surface area (Å²) in [5.74, 6) is -0.354. The molecule has 0 saturated carbocycles. The van der Waals surface area contributed by atoms with Crippen LogP contribution in [-0.4, -0.2) is 35.4 Å². The fourth-order valence-corrected chi connectivity index (χ4v) is 2.71. The summed E-state index contributed by atoms with van der Waals surface area (Å²) in [5.41, 5.74) is 0. The Morgan fingerprint density at radius 1 is 1.25 bits per heavy atom. The number of carbonyl (C=O) groups is 1. The summed E-state index contributed by atoms with van der Waals surface area (Å²) in [6.07, 6.45) is 4.10. The molecule has 0 aliphatic heterocycles. The molecule has 0 aliphatic rings. The molecule has 0 saturated heterocycles. The summed E-state index contributed by atoms with van der Waals surface area (Å²) < 4.78 is 15.6. The van der Waals surface area contributed by atoms with Gasteiger partial charge in [0.25, 0.3) is 0 Å². The second-order valence-corrected chi connectivity index (χ2v) is 7.31. The number of rotatable bonds is 9. The van der Waals surface area contributed by atoms with E-state index in [2.05, 4.69) is 6.58 Å². The van der Waals surface area contributed by atoms with Crippen LogP contribution in [0.4, 0.5) is 0 Å². The van der Waals surface area contributed by atoms with Gasteiger partial charge < -0.3 is 13.6 Å². The van der Waals surface area contributed by atoms with Crippen molar-refractivity contribution in [2.45, 2.75) is 31.9 Å². The Balaban J connectivity index is 3.46. The molecule has 0 heterocycles. The zero-order valence-electron chi connectivity index (χ0n) is 10.5. The minimum absolute atomic E-state index is 0.354. The van der Waals surface area contributed by atoms with E-state index in [0.717, 1.165) is 25.3 Å². The molecule has 0 atom stereocenters. The van der Waals surface area contributed by atoms with Gasteiger partial charge in [-0.15, -0.1) is 0 Å². The molecule has 0 amide bonds. The first-order valence-electron chi connectivity index (χ1n) is 5.47. The third kappa shape index (κ3) is 6.76. The van der Waals surface area contributed by atoms with Gasteiger partial charge in [-0.25, -0.2) is 4.79 Å². The van der Waals surface area contributed by atoms with Crippen LogP contribution in [-0.2, 0) is 18.4 Å². The van der Waals surface area contributed by atoms with Gasteiger partial charge in [0.15, 0.2) is 0 Å². The van der Waals surface area contributed by atoms with Crippen LogP contribution in [0, 0.1) is 0 Å². The van der Waals surface area contributed by atoms with E-state index in [1.807, 2.05) is 6.55 Å². The van der Waals surface area contributed by atoms with Gasteiger partial charge in [-0.2, -0.15) is 0 Å². The van der Waals surface area contributed by atoms with E-state index in [1.165, 1.54) is 6.08 Å². The molecule has 94 valence electrons. The van der Waals surface area contributed by atoms with Crippen LogP contribution >= 0.6 is 0 Å². The average Bonchev–Trinajstić information content (AvgIpc) is 2.32. The molecule has 5 heteroatoms. The normalized spacial score (nSPS) is 11.2. The van der Waals surface area contributed by atoms with E-state index < -0.39 is 8.56 Å². The van der Waals surface area contributed by atoms with Gasteiger partial charge >= 0.3 is 14.5 Å². The second kappa shape index (κ2) is 8.49. The maximum atomic E-state index is 10.7. The lowest BCUT2D eigenvalue weighted by atomic mass is 10.3. The first-order chi connectivity index (χ1) is 7.58. The van der Waals surface area contributed by atoms with E-state index in [-0.39, 0.29) is 5.97 Å². The highest BCUT2D eigenvalue weighted by Crippen LogP contribution is 2.15. The van der Waals surface area contributed by atoms with E-state index in [1.54, 1.807) is 14.2 Å². The molecule has 0 N–H and O–H groups in total. The highest BCUT2D eigenvalue weighted by atomic mass is 28.4. The number of carbonyl (C=O) groups excluding carboxylic acids is 1. The fourth-order valence-electron chi connectivity index (χ4n) is 1.24. The standard InChI is InChI=1S/C11H22O4Si/c1-5-11(12)15-9-7-6-8-10-16(4,13-2)14-3/h5H,1,6-10H2,2-4H3. The van der Waals surface area contributed by atoms with Crippen LogP contribution in [0.2, 0.25) is 12.6 Å². The molecular formula is C11H22O4Si. The lowest BCUT2D eigenvalue weighted by molar-refractivity contribution is -0.137. The summed E-state index contributed by atoms with van der Waals surface area (Å²) in [4.78, 5) is 10.7. The summed E-state index contributed by atoms with van der Waals surface area (Å²) in [6, 6.07) is 0.968. The molecule has 0 aromatic heterocycles. The number of hydrogen-bond acceptors (Lipinski definition) is 4. The van der Waals surface area contributed by atoms with Crippen molar-refractivity contribution in [2.75, 3.05) is 20.8 Å². The van der Waals surface area contributed by atoms with Gasteiger partial charge in [-0.05, 0) is 19.0 Å². The lowest BCUT2D eigenvalue weighted by Crippen LogP contribution is -2.35. The van der Waals surface area contributed by atoms with Crippen molar-refractivity contribution in [2.24, 2.45) is 0 Å². The monoisotopic (exact) mass is 246 g/mol. The van der Waals surface area contributed by atoms with Crippen molar-refractivity contribution in [3.05, 3.63) is 12.7 Å². The van der Waals surface area contributed by atoms with Crippen molar-refractivity contribution in [3.8, 4) is 0 Å². The molecule has 0 bridgehead atoms. The maximum absolute atomic E-state index is 10.7. The Hall–Kier alpha value is -0.653. The number of unbranched alkanes of at least 4 members (excludes halogenated alkanes) is 2. The van der Waals surface area contributed by atoms with Crippen molar-refractivity contribution in [1.82, 2.24) is 0 Å². The van der Waals surface area contributed by atoms with Gasteiger partial charge in [-0.3, -0.25) is 0 Å². The van der Waals surface area contributed by atoms with Crippen molar-refractivity contribution in [1.29, 1.82) is 0 Å². The van der Waals surface area contributed by atoms with Crippen molar-refractivity contribution >= 4 is 14.5 Å². The summed E-state index contributed by atoms with van der Waals surface area (Å²) in [6.45, 7) is 5.84. The smallest absolute Gasteiger partial charge is 0.334 e. The first kappa shape index (κ1) is 15.3. The zero-order valence-corrected chi connectivity index (χ0v) is 11.5. The fraction of sp³-hybridized carbons (Fsp3) is 0.727. The summed E-state index contributed by atoms with van der Waals surface area (Å²) in [5, 5.41) is 0. The summed E-state index contributed by atoms with van der Waals surface area (Å²) in [7, 11) is 1.48. The third-order valence-electron chi connectivity index (χ3n) is 2.55. The number of ether oxygens (including phenoxy) is 1. The topological polar surface area (TPSA) is 44.8 Å². The molecule has 0 aromatic carbocycles. The Bertz CT molecular complexity index is 214. The van der Waals surface area contributed by atoms with Crippen LogP contribution in [0.1, 0.15) is 19.3 Å². The Kier molecular flexibility index (Phi) is 8.15. The third-order valence-corrected chi connectivity index (χ3v) is 5.54. The van der Waals surface area contributed by atoms with Gasteiger partial charge in [0, 0.05) is 20.3 Å². The van der Waals surface area contributed by atoms with Crippen LogP contribution in [0.5, 0.6) is 0 Å². The molecule has 16 heavy (non-hydrogen) atoms. The number of esters is 1. The van der Waals surface area contributed by atoms with Crippen LogP contribution in [0.25, 0.3) is 0 Å². The second-order valence-electron chi connectivity index (χ2n) is 3.72. The van der Waals surface area contributed by atoms with Gasteiger partial charge in [0.2, 0.25) is 0 Å². The molecular weight excluding hydrogens is 224 g/mol. The first-order valence-corrected chi connectivity index (χ1v) is 8.00. The van der Waals surface area contributed by atoms with Gasteiger partial charge in [-0.1, -0.05) is 19.4 Å².